The van der Waals surface area contributed by atoms with Crippen LogP contribution in [-0.2, 0) is 19.9 Å². The fraction of sp³-hybridized carbons (Fsp3) is 0.400. The van der Waals surface area contributed by atoms with E-state index < -0.39 is 6.10 Å². The van der Waals surface area contributed by atoms with Crippen LogP contribution in [0.15, 0.2) is 30.3 Å². The summed E-state index contributed by atoms with van der Waals surface area (Å²) in [5, 5.41) is 14.5. The third kappa shape index (κ3) is 2.79. The number of nitrogens with zero attached hydrogens (tertiary/aromatic N) is 2. The molecule has 1 unspecified atom stereocenters. The Labute approximate surface area is 108 Å². The number of hydrogen-bond donors (Lipinski definition) is 1. The summed E-state index contributed by atoms with van der Waals surface area (Å²) < 4.78 is 1.83. The maximum Gasteiger partial charge on any atom is 0.0845 e. The number of aromatic nitrogens is 2. The van der Waals surface area contributed by atoms with Crippen LogP contribution in [0.25, 0.3) is 0 Å². The molecule has 0 bridgehead atoms. The van der Waals surface area contributed by atoms with Gasteiger partial charge >= 0.3 is 0 Å². The van der Waals surface area contributed by atoms with Gasteiger partial charge in [-0.05, 0) is 30.5 Å². The highest BCUT2D eigenvalue weighted by Gasteiger charge is 2.11. The van der Waals surface area contributed by atoms with Crippen LogP contribution in [0.5, 0.6) is 0 Å². The molecular formula is C15H20N2O. The van der Waals surface area contributed by atoms with Gasteiger partial charge in [0.05, 0.1) is 11.8 Å². The second kappa shape index (κ2) is 5.36. The number of rotatable bonds is 4. The number of aryl methyl sites for hydroxylation is 3. The second-order valence-electron chi connectivity index (χ2n) is 4.72. The molecule has 1 atom stereocenters. The van der Waals surface area contributed by atoms with Crippen molar-refractivity contribution in [3.63, 3.8) is 0 Å². The van der Waals surface area contributed by atoms with Gasteiger partial charge in [-0.1, -0.05) is 31.2 Å². The van der Waals surface area contributed by atoms with Gasteiger partial charge in [0.2, 0.25) is 0 Å². The predicted octanol–water partition coefficient (Wildman–Crippen LogP) is 2.57. The highest BCUT2D eigenvalue weighted by molar-refractivity contribution is 5.25. The van der Waals surface area contributed by atoms with E-state index in [0.717, 1.165) is 23.4 Å². The molecule has 3 nitrogen and oxygen atoms in total. The SMILES string of the molecule is CCc1ccc(C(O)Cc2cc(C)nn2C)cc1. The molecule has 0 aliphatic rings. The van der Waals surface area contributed by atoms with Gasteiger partial charge in [-0.25, -0.2) is 0 Å². The average Bonchev–Trinajstić information content (AvgIpc) is 2.68. The number of aliphatic hydroxyl groups excluding tert-OH is 1. The molecule has 0 radical (unpaired) electrons. The zero-order valence-electron chi connectivity index (χ0n) is 11.2. The quantitative estimate of drug-likeness (QED) is 0.897. The van der Waals surface area contributed by atoms with E-state index in [4.69, 9.17) is 0 Å². The summed E-state index contributed by atoms with van der Waals surface area (Å²) in [6.45, 7) is 4.09. The van der Waals surface area contributed by atoms with Crippen molar-refractivity contribution in [2.45, 2.75) is 32.8 Å². The highest BCUT2D eigenvalue weighted by atomic mass is 16.3. The Morgan fingerprint density at radius 1 is 1.28 bits per heavy atom. The second-order valence-corrected chi connectivity index (χ2v) is 4.72. The van der Waals surface area contributed by atoms with Crippen molar-refractivity contribution in [1.82, 2.24) is 9.78 Å². The molecule has 0 aliphatic heterocycles. The molecule has 18 heavy (non-hydrogen) atoms. The lowest BCUT2D eigenvalue weighted by atomic mass is 10.0. The molecule has 1 aromatic heterocycles. The van der Waals surface area contributed by atoms with Crippen LogP contribution < -0.4 is 0 Å². The molecule has 1 aromatic carbocycles. The molecule has 3 heteroatoms. The Balaban J connectivity index is 2.11. The van der Waals surface area contributed by atoms with Gasteiger partial charge in [0.1, 0.15) is 0 Å². The fourth-order valence-electron chi connectivity index (χ4n) is 2.15. The number of benzene rings is 1. The summed E-state index contributed by atoms with van der Waals surface area (Å²) in [4.78, 5) is 0. The normalized spacial score (nSPS) is 12.7. The molecule has 1 heterocycles. The van der Waals surface area contributed by atoms with Crippen LogP contribution in [0.4, 0.5) is 0 Å². The lowest BCUT2D eigenvalue weighted by Gasteiger charge is -2.11. The fourth-order valence-corrected chi connectivity index (χ4v) is 2.15. The van der Waals surface area contributed by atoms with Crippen LogP contribution in [0.3, 0.4) is 0 Å². The average molecular weight is 244 g/mol. The van der Waals surface area contributed by atoms with Crippen molar-refractivity contribution in [3.8, 4) is 0 Å². The third-order valence-corrected chi connectivity index (χ3v) is 3.27. The minimum absolute atomic E-state index is 0.467. The van der Waals surface area contributed by atoms with Crippen LogP contribution >= 0.6 is 0 Å². The Hall–Kier alpha value is -1.61. The Kier molecular flexibility index (Phi) is 3.82. The first-order chi connectivity index (χ1) is 8.60. The first-order valence-corrected chi connectivity index (χ1v) is 6.36. The predicted molar refractivity (Wildman–Crippen MR) is 72.4 cm³/mol. The van der Waals surface area contributed by atoms with Crippen molar-refractivity contribution < 1.29 is 5.11 Å². The molecule has 96 valence electrons. The summed E-state index contributed by atoms with van der Waals surface area (Å²) >= 11 is 0. The molecule has 0 aliphatic carbocycles. The highest BCUT2D eigenvalue weighted by Crippen LogP contribution is 2.19. The molecule has 2 aromatic rings. The van der Waals surface area contributed by atoms with E-state index in [1.807, 2.05) is 36.9 Å². The van der Waals surface area contributed by atoms with Crippen molar-refractivity contribution in [2.75, 3.05) is 0 Å². The van der Waals surface area contributed by atoms with Gasteiger partial charge in [0.15, 0.2) is 0 Å². The molecule has 0 spiro atoms. The number of aliphatic hydroxyl groups is 1. The van der Waals surface area contributed by atoms with Crippen LogP contribution in [0.2, 0.25) is 0 Å². The maximum absolute atomic E-state index is 10.2. The van der Waals surface area contributed by atoms with E-state index in [0.29, 0.717) is 6.42 Å². The van der Waals surface area contributed by atoms with Gasteiger partial charge in [-0.15, -0.1) is 0 Å². The summed E-state index contributed by atoms with van der Waals surface area (Å²) in [6.07, 6.45) is 1.16. The van der Waals surface area contributed by atoms with E-state index in [1.54, 1.807) is 0 Å². The van der Waals surface area contributed by atoms with Gasteiger partial charge in [-0.2, -0.15) is 5.10 Å². The maximum atomic E-state index is 10.2. The third-order valence-electron chi connectivity index (χ3n) is 3.27. The first-order valence-electron chi connectivity index (χ1n) is 6.36. The molecular weight excluding hydrogens is 224 g/mol. The molecule has 0 saturated carbocycles. The van der Waals surface area contributed by atoms with Crippen LogP contribution in [0.1, 0.15) is 35.5 Å². The van der Waals surface area contributed by atoms with Gasteiger partial charge in [0.25, 0.3) is 0 Å². The molecule has 0 fully saturated rings. The summed E-state index contributed by atoms with van der Waals surface area (Å²) in [6, 6.07) is 10.2. The zero-order valence-corrected chi connectivity index (χ0v) is 11.2. The van der Waals surface area contributed by atoms with E-state index in [9.17, 15) is 5.11 Å². The molecule has 0 saturated heterocycles. The molecule has 1 N–H and O–H groups in total. The monoisotopic (exact) mass is 244 g/mol. The van der Waals surface area contributed by atoms with Crippen LogP contribution in [0, 0.1) is 6.92 Å². The van der Waals surface area contributed by atoms with Crippen molar-refractivity contribution in [3.05, 3.63) is 52.8 Å². The van der Waals surface area contributed by atoms with Crippen molar-refractivity contribution in [1.29, 1.82) is 0 Å². The minimum Gasteiger partial charge on any atom is -0.388 e. The zero-order chi connectivity index (χ0) is 13.1. The Morgan fingerprint density at radius 2 is 1.94 bits per heavy atom. The number of hydrogen-bond acceptors (Lipinski definition) is 2. The largest absolute Gasteiger partial charge is 0.388 e. The molecule has 2 rings (SSSR count). The first kappa shape index (κ1) is 12.8. The van der Waals surface area contributed by atoms with Gasteiger partial charge in [-0.3, -0.25) is 4.68 Å². The van der Waals surface area contributed by atoms with E-state index in [1.165, 1.54) is 5.56 Å². The lowest BCUT2D eigenvalue weighted by Crippen LogP contribution is -2.06. The van der Waals surface area contributed by atoms with E-state index in [-0.39, 0.29) is 0 Å². The van der Waals surface area contributed by atoms with E-state index in [2.05, 4.69) is 24.2 Å². The smallest absolute Gasteiger partial charge is 0.0845 e. The van der Waals surface area contributed by atoms with Crippen molar-refractivity contribution in [2.24, 2.45) is 7.05 Å². The molecule has 0 amide bonds. The van der Waals surface area contributed by atoms with Gasteiger partial charge < -0.3 is 5.11 Å². The summed E-state index contributed by atoms with van der Waals surface area (Å²) in [5.41, 5.74) is 4.30. The lowest BCUT2D eigenvalue weighted by molar-refractivity contribution is 0.176. The van der Waals surface area contributed by atoms with Gasteiger partial charge in [0, 0.05) is 19.2 Å². The van der Waals surface area contributed by atoms with Crippen molar-refractivity contribution >= 4 is 0 Å². The minimum atomic E-state index is -0.467. The topological polar surface area (TPSA) is 38.1 Å². The van der Waals surface area contributed by atoms with Crippen LogP contribution in [-0.4, -0.2) is 14.9 Å². The Bertz CT molecular complexity index is 514. The van der Waals surface area contributed by atoms with E-state index >= 15 is 0 Å². The summed E-state index contributed by atoms with van der Waals surface area (Å²) in [7, 11) is 1.91. The summed E-state index contributed by atoms with van der Waals surface area (Å²) in [5.74, 6) is 0. The Morgan fingerprint density at radius 3 is 2.44 bits per heavy atom. The standard InChI is InChI=1S/C15H20N2O/c1-4-12-5-7-13(8-6-12)15(18)10-14-9-11(2)16-17(14)3/h5-9,15,18H,4,10H2,1-3H3.